The molecule has 4 rings (SSSR count). The zero-order chi connectivity index (χ0) is 25.5. The molecule has 1 aliphatic heterocycles. The lowest BCUT2D eigenvalue weighted by Crippen LogP contribution is -2.33. The van der Waals surface area contributed by atoms with Crippen LogP contribution < -0.4 is 10.2 Å². The summed E-state index contributed by atoms with van der Waals surface area (Å²) in [5, 5.41) is 2.95. The van der Waals surface area contributed by atoms with Crippen LogP contribution in [-0.2, 0) is 19.5 Å². The molecule has 0 bridgehead atoms. The minimum Gasteiger partial charge on any atom is -0.363 e. The quantitative estimate of drug-likeness (QED) is 0.423. The largest absolute Gasteiger partial charge is 0.363 e. The number of aromatic nitrogens is 5. The van der Waals surface area contributed by atoms with Gasteiger partial charge in [-0.05, 0) is 31.9 Å². The number of nitrogens with zero attached hydrogens (tertiary/aromatic N) is 6. The number of halogens is 2. The minimum atomic E-state index is -0.564. The molecule has 0 saturated heterocycles. The second-order valence-corrected chi connectivity index (χ2v) is 8.46. The smallest absolute Gasteiger partial charge is 0.207 e. The summed E-state index contributed by atoms with van der Waals surface area (Å²) in [6.07, 6.45) is 15.4. The van der Waals surface area contributed by atoms with Gasteiger partial charge >= 0.3 is 0 Å². The fraction of sp³-hybridized carbons (Fsp3) is 0.296. The van der Waals surface area contributed by atoms with Gasteiger partial charge < -0.3 is 10.2 Å². The Hall–Kier alpha value is -4.01. The van der Waals surface area contributed by atoms with Gasteiger partial charge in [0.15, 0.2) is 11.6 Å². The van der Waals surface area contributed by atoms with Crippen LogP contribution in [0.2, 0.25) is 0 Å². The van der Waals surface area contributed by atoms with E-state index in [4.69, 9.17) is 0 Å². The first kappa shape index (κ1) is 25.1. The molecule has 0 aliphatic carbocycles. The summed E-state index contributed by atoms with van der Waals surface area (Å²) in [6.45, 7) is 7.06. The Morgan fingerprint density at radius 3 is 2.67 bits per heavy atom. The molecule has 0 spiro atoms. The van der Waals surface area contributed by atoms with E-state index >= 15 is 4.39 Å². The molecule has 3 aromatic rings. The van der Waals surface area contributed by atoms with Crippen molar-refractivity contribution in [3.63, 3.8) is 0 Å². The van der Waals surface area contributed by atoms with Crippen LogP contribution in [0.4, 0.5) is 20.4 Å². The molecule has 1 aliphatic rings. The van der Waals surface area contributed by atoms with E-state index < -0.39 is 11.6 Å². The van der Waals surface area contributed by atoms with Crippen LogP contribution in [0.1, 0.15) is 49.8 Å². The summed E-state index contributed by atoms with van der Waals surface area (Å²) in [5.74, 6) is -0.768. The van der Waals surface area contributed by atoms with Crippen LogP contribution in [0.5, 0.6) is 0 Å². The molecular weight excluding hydrogens is 460 g/mol. The fourth-order valence-electron chi connectivity index (χ4n) is 4.10. The summed E-state index contributed by atoms with van der Waals surface area (Å²) in [6, 6.07) is 1.41. The van der Waals surface area contributed by atoms with Crippen molar-refractivity contribution in [2.24, 2.45) is 0 Å². The number of fused-ring (bicyclic) bond motifs is 1. The molecule has 9 heteroatoms. The number of anilines is 2. The monoisotopic (exact) mass is 489 g/mol. The lowest BCUT2D eigenvalue weighted by molar-refractivity contribution is 0.591. The predicted octanol–water partition coefficient (Wildman–Crippen LogP) is 5.43. The van der Waals surface area contributed by atoms with Crippen molar-refractivity contribution in [1.82, 2.24) is 24.9 Å². The number of nitrogens with one attached hydrogen (secondary N) is 1. The first-order chi connectivity index (χ1) is 17.5. The molecule has 4 heterocycles. The van der Waals surface area contributed by atoms with Crippen LogP contribution in [0.25, 0.3) is 5.57 Å². The van der Waals surface area contributed by atoms with Crippen molar-refractivity contribution in [2.75, 3.05) is 16.8 Å². The first-order valence-electron chi connectivity index (χ1n) is 11.9. The van der Waals surface area contributed by atoms with Gasteiger partial charge in [-0.1, -0.05) is 36.8 Å². The highest BCUT2D eigenvalue weighted by atomic mass is 19.1. The van der Waals surface area contributed by atoms with Gasteiger partial charge in [0.1, 0.15) is 17.8 Å². The fourth-order valence-corrected chi connectivity index (χ4v) is 4.10. The van der Waals surface area contributed by atoms with Crippen molar-refractivity contribution < 1.29 is 8.78 Å². The maximum atomic E-state index is 15.3. The molecule has 0 atom stereocenters. The molecule has 0 amide bonds. The van der Waals surface area contributed by atoms with Crippen molar-refractivity contribution in [2.45, 2.75) is 46.7 Å². The molecule has 186 valence electrons. The second-order valence-electron chi connectivity index (χ2n) is 8.46. The maximum Gasteiger partial charge on any atom is 0.207 e. The minimum absolute atomic E-state index is 0.0456. The van der Waals surface area contributed by atoms with Crippen LogP contribution >= 0.6 is 0 Å². The molecule has 0 fully saturated rings. The maximum absolute atomic E-state index is 15.3. The molecule has 0 saturated carbocycles. The summed E-state index contributed by atoms with van der Waals surface area (Å²) in [5.41, 5.74) is 4.30. The van der Waals surface area contributed by atoms with Gasteiger partial charge in [-0.25, -0.2) is 14.4 Å². The van der Waals surface area contributed by atoms with Crippen molar-refractivity contribution >= 4 is 17.2 Å². The third-order valence-electron chi connectivity index (χ3n) is 5.78. The first-order valence-corrected chi connectivity index (χ1v) is 11.9. The van der Waals surface area contributed by atoms with Gasteiger partial charge in [0.05, 0.1) is 17.9 Å². The molecule has 0 radical (unpaired) electrons. The lowest BCUT2D eigenvalue weighted by atomic mass is 10.1. The normalized spacial score (nSPS) is 14.3. The van der Waals surface area contributed by atoms with E-state index in [1.165, 1.54) is 12.4 Å². The highest BCUT2D eigenvalue weighted by molar-refractivity contribution is 5.74. The second kappa shape index (κ2) is 11.6. The number of hydrogen-bond acceptors (Lipinski definition) is 7. The van der Waals surface area contributed by atoms with E-state index in [0.29, 0.717) is 30.6 Å². The Labute approximate surface area is 209 Å². The van der Waals surface area contributed by atoms with E-state index in [0.717, 1.165) is 23.4 Å². The Kier molecular flexibility index (Phi) is 8.10. The number of allylic oxidation sites excluding steroid dienone is 6. The molecule has 0 aromatic carbocycles. The van der Waals surface area contributed by atoms with Crippen LogP contribution in [0.15, 0.2) is 60.9 Å². The molecule has 36 heavy (non-hydrogen) atoms. The average Bonchev–Trinajstić information content (AvgIpc) is 2.88. The third-order valence-corrected chi connectivity index (χ3v) is 5.78. The van der Waals surface area contributed by atoms with E-state index in [1.54, 1.807) is 18.6 Å². The van der Waals surface area contributed by atoms with Crippen molar-refractivity contribution in [3.05, 3.63) is 95.1 Å². The molecule has 3 aromatic heterocycles. The average molecular weight is 490 g/mol. The summed E-state index contributed by atoms with van der Waals surface area (Å²) >= 11 is 0. The summed E-state index contributed by atoms with van der Waals surface area (Å²) in [4.78, 5) is 23.0. The molecule has 0 unspecified atom stereocenters. The highest BCUT2D eigenvalue weighted by Gasteiger charge is 2.23. The van der Waals surface area contributed by atoms with Gasteiger partial charge in [-0.2, -0.15) is 4.39 Å². The standard InChI is InChI=1S/C27H29F2N7/c1-4-6-18(3)12-20(7-5-2)25-21(28)13-19(14-32-25)15-33-26-24(29)27(35-17-34-26)36-11-8-22-23(16-36)31-10-9-30-22/h5-7,9-10,12-14,17H,4,8,11,15-16H2,1-3H3,(H,33,34,35)/b7-5-,18-6+,20-12+. The van der Waals surface area contributed by atoms with Crippen LogP contribution in [0, 0.1) is 11.6 Å². The van der Waals surface area contributed by atoms with Crippen molar-refractivity contribution in [1.29, 1.82) is 0 Å². The summed E-state index contributed by atoms with van der Waals surface area (Å²) < 4.78 is 30.3. The zero-order valence-corrected chi connectivity index (χ0v) is 20.7. The van der Waals surface area contributed by atoms with Gasteiger partial charge in [-0.3, -0.25) is 15.0 Å². The Morgan fingerprint density at radius 2 is 1.92 bits per heavy atom. The Bertz CT molecular complexity index is 1320. The topological polar surface area (TPSA) is 79.7 Å². The SMILES string of the molecule is C\C=C/C(=C\C(C)=C\CC)c1ncc(CNc2ncnc(N3CCc4nccnc4C3)c2F)cc1F. The van der Waals surface area contributed by atoms with Crippen molar-refractivity contribution in [3.8, 4) is 0 Å². The number of hydrogen-bond donors (Lipinski definition) is 1. The summed E-state index contributed by atoms with van der Waals surface area (Å²) in [7, 11) is 0. The van der Waals surface area contributed by atoms with E-state index in [1.807, 2.05) is 37.0 Å². The number of rotatable bonds is 8. The number of pyridine rings is 1. The van der Waals surface area contributed by atoms with Crippen LogP contribution in [-0.4, -0.2) is 31.5 Å². The van der Waals surface area contributed by atoms with Crippen LogP contribution in [0.3, 0.4) is 0 Å². The molecule has 1 N–H and O–H groups in total. The third kappa shape index (κ3) is 5.79. The van der Waals surface area contributed by atoms with E-state index in [-0.39, 0.29) is 23.9 Å². The van der Waals surface area contributed by atoms with Gasteiger partial charge in [0.25, 0.3) is 0 Å². The zero-order valence-electron chi connectivity index (χ0n) is 20.7. The highest BCUT2D eigenvalue weighted by Crippen LogP contribution is 2.26. The van der Waals surface area contributed by atoms with E-state index in [2.05, 4.69) is 43.2 Å². The molecule has 7 nitrogen and oxygen atoms in total. The van der Waals surface area contributed by atoms with Gasteiger partial charge in [0.2, 0.25) is 5.82 Å². The Morgan fingerprint density at radius 1 is 1.11 bits per heavy atom. The van der Waals surface area contributed by atoms with E-state index in [9.17, 15) is 4.39 Å². The lowest BCUT2D eigenvalue weighted by Gasteiger charge is -2.28. The molecular formula is C27H29F2N7. The van der Waals surface area contributed by atoms with Gasteiger partial charge in [-0.15, -0.1) is 0 Å². The van der Waals surface area contributed by atoms with Gasteiger partial charge in [0, 0.05) is 43.7 Å². The Balaban J connectivity index is 1.49. The predicted molar refractivity (Wildman–Crippen MR) is 137 cm³/mol.